The lowest BCUT2D eigenvalue weighted by Crippen LogP contribution is -2.46. The summed E-state index contributed by atoms with van der Waals surface area (Å²) in [5.74, 6) is 1.71. The zero-order valence-corrected chi connectivity index (χ0v) is 20.9. The Labute approximate surface area is 203 Å². The van der Waals surface area contributed by atoms with Crippen molar-refractivity contribution in [1.82, 2.24) is 15.6 Å². The minimum Gasteiger partial charge on any atom is -0.487 e. The molecule has 6 nitrogen and oxygen atoms in total. The van der Waals surface area contributed by atoms with E-state index in [1.807, 2.05) is 30.3 Å². The standard InChI is InChI=1S/C24H34N4O2.HI/c1-3-25-23(28-19-24(12-6-13-24)14-16-29-2)27-17-20-8-10-22(11-9-20)30-18-21-7-4-5-15-26-21;/h4-5,7-11,15H,3,6,12-14,16-19H2,1-2H3,(H2,25,27,28);1H. The van der Waals surface area contributed by atoms with Crippen molar-refractivity contribution in [2.75, 3.05) is 26.8 Å². The number of halogens is 1. The molecule has 0 unspecified atom stereocenters. The number of nitrogens with one attached hydrogen (secondary N) is 2. The van der Waals surface area contributed by atoms with E-state index in [4.69, 9.17) is 14.5 Å². The molecular formula is C24H35IN4O2. The third-order valence-electron chi connectivity index (χ3n) is 5.68. The first kappa shape index (κ1) is 25.4. The molecule has 1 aliphatic rings. The molecule has 3 rings (SSSR count). The van der Waals surface area contributed by atoms with Crippen LogP contribution in [0.2, 0.25) is 0 Å². The summed E-state index contributed by atoms with van der Waals surface area (Å²) < 4.78 is 11.1. The third-order valence-corrected chi connectivity index (χ3v) is 5.68. The summed E-state index contributed by atoms with van der Waals surface area (Å²) in [6.45, 7) is 5.80. The van der Waals surface area contributed by atoms with Gasteiger partial charge in [0.2, 0.25) is 0 Å². The first-order valence-corrected chi connectivity index (χ1v) is 10.9. The van der Waals surface area contributed by atoms with Gasteiger partial charge in [0.15, 0.2) is 5.96 Å². The van der Waals surface area contributed by atoms with Gasteiger partial charge in [0.25, 0.3) is 0 Å². The van der Waals surface area contributed by atoms with Crippen molar-refractivity contribution in [3.05, 3.63) is 59.9 Å². The molecule has 0 saturated heterocycles. The van der Waals surface area contributed by atoms with Gasteiger partial charge in [-0.15, -0.1) is 24.0 Å². The van der Waals surface area contributed by atoms with E-state index < -0.39 is 0 Å². The second kappa shape index (κ2) is 13.5. The molecule has 1 saturated carbocycles. The van der Waals surface area contributed by atoms with Crippen LogP contribution in [0.3, 0.4) is 0 Å². The van der Waals surface area contributed by atoms with Crippen molar-refractivity contribution in [3.63, 3.8) is 0 Å². The van der Waals surface area contributed by atoms with Crippen LogP contribution in [0.4, 0.5) is 0 Å². The SMILES string of the molecule is CCNC(=NCc1ccc(OCc2ccccn2)cc1)NCC1(CCOC)CCC1.I. The highest BCUT2D eigenvalue weighted by Crippen LogP contribution is 2.43. The number of aromatic nitrogens is 1. The van der Waals surface area contributed by atoms with Crippen LogP contribution in [0, 0.1) is 5.41 Å². The van der Waals surface area contributed by atoms with Gasteiger partial charge >= 0.3 is 0 Å². The van der Waals surface area contributed by atoms with Gasteiger partial charge in [-0.3, -0.25) is 4.98 Å². The van der Waals surface area contributed by atoms with Gasteiger partial charge in [0.05, 0.1) is 12.2 Å². The van der Waals surface area contributed by atoms with E-state index in [9.17, 15) is 0 Å². The van der Waals surface area contributed by atoms with Crippen molar-refractivity contribution in [2.24, 2.45) is 10.4 Å². The molecule has 1 fully saturated rings. The van der Waals surface area contributed by atoms with Gasteiger partial charge in [0, 0.05) is 33.0 Å². The zero-order valence-electron chi connectivity index (χ0n) is 18.6. The van der Waals surface area contributed by atoms with Gasteiger partial charge in [-0.05, 0) is 61.4 Å². The van der Waals surface area contributed by atoms with E-state index in [1.54, 1.807) is 13.3 Å². The molecule has 0 amide bonds. The lowest BCUT2D eigenvalue weighted by atomic mass is 9.67. The molecule has 170 valence electrons. The summed E-state index contributed by atoms with van der Waals surface area (Å²) in [6.07, 6.45) is 6.73. The summed E-state index contributed by atoms with van der Waals surface area (Å²) in [5.41, 5.74) is 2.43. The largest absolute Gasteiger partial charge is 0.487 e. The highest BCUT2D eigenvalue weighted by Gasteiger charge is 2.36. The first-order valence-electron chi connectivity index (χ1n) is 10.9. The fourth-order valence-electron chi connectivity index (χ4n) is 3.63. The lowest BCUT2D eigenvalue weighted by Gasteiger charge is -2.42. The summed E-state index contributed by atoms with van der Waals surface area (Å²) in [6, 6.07) is 13.9. The molecule has 2 N–H and O–H groups in total. The maximum atomic E-state index is 5.80. The summed E-state index contributed by atoms with van der Waals surface area (Å²) in [5, 5.41) is 6.90. The van der Waals surface area contributed by atoms with Crippen LogP contribution in [-0.4, -0.2) is 37.7 Å². The topological polar surface area (TPSA) is 67.8 Å². The van der Waals surface area contributed by atoms with E-state index >= 15 is 0 Å². The molecule has 2 aromatic rings. The number of methoxy groups -OCH3 is 1. The Bertz CT molecular complexity index is 780. The fourth-order valence-corrected chi connectivity index (χ4v) is 3.63. The van der Waals surface area contributed by atoms with Crippen LogP contribution in [0.1, 0.15) is 43.9 Å². The molecule has 1 aliphatic carbocycles. The Morgan fingerprint density at radius 3 is 2.55 bits per heavy atom. The zero-order chi connectivity index (χ0) is 21.1. The summed E-state index contributed by atoms with van der Waals surface area (Å²) >= 11 is 0. The smallest absolute Gasteiger partial charge is 0.191 e. The number of hydrogen-bond donors (Lipinski definition) is 2. The molecule has 0 atom stereocenters. The van der Waals surface area contributed by atoms with E-state index in [-0.39, 0.29) is 24.0 Å². The predicted octanol–water partition coefficient (Wildman–Crippen LogP) is 4.54. The Morgan fingerprint density at radius 2 is 1.94 bits per heavy atom. The van der Waals surface area contributed by atoms with Gasteiger partial charge in [0.1, 0.15) is 12.4 Å². The first-order chi connectivity index (χ1) is 14.7. The summed E-state index contributed by atoms with van der Waals surface area (Å²) in [4.78, 5) is 9.04. The second-order valence-corrected chi connectivity index (χ2v) is 7.90. The van der Waals surface area contributed by atoms with E-state index in [2.05, 4.69) is 34.7 Å². The van der Waals surface area contributed by atoms with Gasteiger partial charge in [-0.2, -0.15) is 0 Å². The summed E-state index contributed by atoms with van der Waals surface area (Å²) in [7, 11) is 1.78. The van der Waals surface area contributed by atoms with Gasteiger partial charge < -0.3 is 20.1 Å². The lowest BCUT2D eigenvalue weighted by molar-refractivity contribution is 0.0732. The minimum absolute atomic E-state index is 0. The van der Waals surface area contributed by atoms with Crippen LogP contribution >= 0.6 is 24.0 Å². The van der Waals surface area contributed by atoms with Crippen LogP contribution < -0.4 is 15.4 Å². The average Bonchev–Trinajstić information content (AvgIpc) is 2.76. The van der Waals surface area contributed by atoms with Crippen molar-refractivity contribution >= 4 is 29.9 Å². The second-order valence-electron chi connectivity index (χ2n) is 7.90. The number of aliphatic imine (C=N–C) groups is 1. The highest BCUT2D eigenvalue weighted by atomic mass is 127. The molecule has 0 spiro atoms. The van der Waals surface area contributed by atoms with Gasteiger partial charge in [-0.1, -0.05) is 24.6 Å². The normalized spacial score (nSPS) is 14.8. The number of guanidine groups is 1. The number of benzene rings is 1. The van der Waals surface area contributed by atoms with Crippen molar-refractivity contribution in [3.8, 4) is 5.75 Å². The fraction of sp³-hybridized carbons (Fsp3) is 0.500. The maximum Gasteiger partial charge on any atom is 0.191 e. The molecule has 7 heteroatoms. The van der Waals surface area contributed by atoms with Crippen molar-refractivity contribution < 1.29 is 9.47 Å². The maximum absolute atomic E-state index is 5.80. The molecule has 0 aliphatic heterocycles. The molecule has 31 heavy (non-hydrogen) atoms. The van der Waals surface area contributed by atoms with E-state index in [0.29, 0.717) is 18.6 Å². The quantitative estimate of drug-likeness (QED) is 0.250. The molecule has 1 heterocycles. The average molecular weight is 538 g/mol. The molecule has 1 aromatic carbocycles. The van der Waals surface area contributed by atoms with Gasteiger partial charge in [-0.25, -0.2) is 4.99 Å². The third kappa shape index (κ3) is 8.29. The van der Waals surface area contributed by atoms with Crippen LogP contribution in [-0.2, 0) is 17.9 Å². The van der Waals surface area contributed by atoms with E-state index in [1.165, 1.54) is 19.3 Å². The van der Waals surface area contributed by atoms with Crippen LogP contribution in [0.25, 0.3) is 0 Å². The Kier molecular flexibility index (Phi) is 11.1. The van der Waals surface area contributed by atoms with Crippen LogP contribution in [0.5, 0.6) is 5.75 Å². The van der Waals surface area contributed by atoms with E-state index in [0.717, 1.165) is 49.1 Å². The molecule has 0 radical (unpaired) electrons. The van der Waals surface area contributed by atoms with Crippen molar-refractivity contribution in [2.45, 2.75) is 45.8 Å². The number of rotatable bonds is 11. The molecule has 0 bridgehead atoms. The molecular weight excluding hydrogens is 503 g/mol. The predicted molar refractivity (Wildman–Crippen MR) is 136 cm³/mol. The highest BCUT2D eigenvalue weighted by molar-refractivity contribution is 14.0. The van der Waals surface area contributed by atoms with Crippen molar-refractivity contribution in [1.29, 1.82) is 0 Å². The monoisotopic (exact) mass is 538 g/mol. The number of pyridine rings is 1. The Hall–Kier alpha value is -1.87. The minimum atomic E-state index is 0. The Morgan fingerprint density at radius 1 is 1.13 bits per heavy atom. The number of nitrogens with zero attached hydrogens (tertiary/aromatic N) is 2. The Balaban J connectivity index is 0.00000341. The number of ether oxygens (including phenoxy) is 2. The molecule has 1 aromatic heterocycles. The van der Waals surface area contributed by atoms with Crippen LogP contribution in [0.15, 0.2) is 53.7 Å². The number of hydrogen-bond acceptors (Lipinski definition) is 4.